The van der Waals surface area contributed by atoms with Crippen molar-refractivity contribution in [3.63, 3.8) is 0 Å². The molecule has 3 nitrogen and oxygen atoms in total. The first kappa shape index (κ1) is 12.5. The molecule has 0 amide bonds. The highest BCUT2D eigenvalue weighted by atomic mass is 79.9. The van der Waals surface area contributed by atoms with E-state index in [1.165, 1.54) is 4.88 Å². The molecule has 1 heterocycles. The second-order valence-corrected chi connectivity index (χ2v) is 5.99. The molecule has 0 fully saturated rings. The predicted octanol–water partition coefficient (Wildman–Crippen LogP) is 3.59. The molecule has 3 N–H and O–H groups in total. The molecule has 17 heavy (non-hydrogen) atoms. The fraction of sp³-hybridized carbons (Fsp3) is 0.0909. The van der Waals surface area contributed by atoms with Gasteiger partial charge in [0.15, 0.2) is 5.13 Å². The lowest BCUT2D eigenvalue weighted by Crippen LogP contribution is -2.09. The van der Waals surface area contributed by atoms with Crippen LogP contribution in [0.2, 0.25) is 0 Å². The van der Waals surface area contributed by atoms with E-state index in [2.05, 4.69) is 26.2 Å². The molecule has 88 valence electrons. The van der Waals surface area contributed by atoms with E-state index in [-0.39, 0.29) is 0 Å². The monoisotopic (exact) mass is 327 g/mol. The van der Waals surface area contributed by atoms with Crippen LogP contribution >= 0.6 is 39.5 Å². The molecule has 2 rings (SSSR count). The van der Waals surface area contributed by atoms with Gasteiger partial charge in [-0.25, -0.2) is 4.98 Å². The van der Waals surface area contributed by atoms with Crippen molar-refractivity contribution in [2.75, 3.05) is 5.32 Å². The molecule has 6 heteroatoms. The van der Waals surface area contributed by atoms with E-state index in [9.17, 15) is 0 Å². The third-order valence-corrected chi connectivity index (χ3v) is 3.84. The number of nitrogens with one attached hydrogen (secondary N) is 1. The highest BCUT2D eigenvalue weighted by molar-refractivity contribution is 9.10. The average Bonchev–Trinajstić information content (AvgIpc) is 2.67. The molecule has 0 unspecified atom stereocenters. The lowest BCUT2D eigenvalue weighted by molar-refractivity contribution is 1.36. The molecular formula is C11H10BrN3S2. The minimum atomic E-state index is 0.391. The SMILES string of the molecule is Cc1cnc(Nc2ccc(C(N)=S)cc2Br)s1. The van der Waals surface area contributed by atoms with E-state index < -0.39 is 0 Å². The summed E-state index contributed by atoms with van der Waals surface area (Å²) in [5.74, 6) is 0. The molecular weight excluding hydrogens is 318 g/mol. The van der Waals surface area contributed by atoms with E-state index in [4.69, 9.17) is 18.0 Å². The Morgan fingerprint density at radius 2 is 2.29 bits per heavy atom. The fourth-order valence-corrected chi connectivity index (χ4v) is 2.58. The first-order valence-electron chi connectivity index (χ1n) is 4.85. The number of aromatic nitrogens is 1. The van der Waals surface area contributed by atoms with Crippen LogP contribution in [0.1, 0.15) is 10.4 Å². The average molecular weight is 328 g/mol. The van der Waals surface area contributed by atoms with Crippen molar-refractivity contribution in [1.82, 2.24) is 4.98 Å². The van der Waals surface area contributed by atoms with Crippen LogP contribution in [0.25, 0.3) is 0 Å². The molecule has 0 atom stereocenters. The van der Waals surface area contributed by atoms with E-state index in [0.29, 0.717) is 4.99 Å². The number of thiazole rings is 1. The van der Waals surface area contributed by atoms with Crippen molar-refractivity contribution in [2.45, 2.75) is 6.92 Å². The number of hydrogen-bond acceptors (Lipinski definition) is 4. The lowest BCUT2D eigenvalue weighted by Gasteiger charge is -2.07. The van der Waals surface area contributed by atoms with Gasteiger partial charge >= 0.3 is 0 Å². The number of halogens is 1. The quantitative estimate of drug-likeness (QED) is 0.846. The first-order valence-corrected chi connectivity index (χ1v) is 6.87. The minimum absolute atomic E-state index is 0.391. The lowest BCUT2D eigenvalue weighted by atomic mass is 10.2. The molecule has 0 aliphatic rings. The normalized spacial score (nSPS) is 10.2. The van der Waals surface area contributed by atoms with Crippen LogP contribution in [0, 0.1) is 6.92 Å². The van der Waals surface area contributed by atoms with E-state index in [0.717, 1.165) is 20.9 Å². The Morgan fingerprint density at radius 1 is 1.53 bits per heavy atom. The summed E-state index contributed by atoms with van der Waals surface area (Å²) < 4.78 is 0.913. The molecule has 0 aliphatic heterocycles. The number of nitrogens with two attached hydrogens (primary N) is 1. The molecule has 0 aliphatic carbocycles. The Kier molecular flexibility index (Phi) is 3.76. The van der Waals surface area contributed by atoms with Gasteiger partial charge in [-0.05, 0) is 41.1 Å². The van der Waals surface area contributed by atoms with Crippen LogP contribution in [-0.2, 0) is 0 Å². The summed E-state index contributed by atoms with van der Waals surface area (Å²) in [6.45, 7) is 2.02. The maximum absolute atomic E-state index is 5.57. The van der Waals surface area contributed by atoms with E-state index in [1.54, 1.807) is 11.3 Å². The number of benzene rings is 1. The Morgan fingerprint density at radius 3 is 2.82 bits per heavy atom. The summed E-state index contributed by atoms with van der Waals surface area (Å²) in [5, 5.41) is 4.10. The van der Waals surface area contributed by atoms with Crippen molar-refractivity contribution >= 4 is 55.3 Å². The van der Waals surface area contributed by atoms with Gasteiger partial charge in [0.1, 0.15) is 4.99 Å². The van der Waals surface area contributed by atoms with Gasteiger partial charge in [0.05, 0.1) is 5.69 Å². The summed E-state index contributed by atoms with van der Waals surface area (Å²) in [6.07, 6.45) is 1.84. The maximum atomic E-state index is 5.57. The zero-order chi connectivity index (χ0) is 12.4. The second kappa shape index (κ2) is 5.12. The summed E-state index contributed by atoms with van der Waals surface area (Å²) in [4.78, 5) is 5.81. The fourth-order valence-electron chi connectivity index (χ4n) is 1.30. The van der Waals surface area contributed by atoms with E-state index in [1.807, 2.05) is 31.3 Å². The molecule has 0 bridgehead atoms. The largest absolute Gasteiger partial charge is 0.389 e. The summed E-state index contributed by atoms with van der Waals surface area (Å²) >= 11 is 10.0. The van der Waals surface area contributed by atoms with Crippen molar-refractivity contribution in [1.29, 1.82) is 0 Å². The highest BCUT2D eigenvalue weighted by Gasteiger charge is 2.05. The van der Waals surface area contributed by atoms with Gasteiger partial charge < -0.3 is 11.1 Å². The first-order chi connectivity index (χ1) is 8.06. The Balaban J connectivity index is 2.25. The zero-order valence-electron chi connectivity index (χ0n) is 9.03. The van der Waals surface area contributed by atoms with Crippen LogP contribution in [0.3, 0.4) is 0 Å². The number of aryl methyl sites for hydroxylation is 1. The van der Waals surface area contributed by atoms with Gasteiger partial charge in [-0.15, -0.1) is 11.3 Å². The molecule has 0 saturated carbocycles. The van der Waals surface area contributed by atoms with Crippen molar-refractivity contribution in [3.05, 3.63) is 39.3 Å². The second-order valence-electron chi connectivity index (χ2n) is 3.46. The summed E-state index contributed by atoms with van der Waals surface area (Å²) in [6, 6.07) is 5.70. The highest BCUT2D eigenvalue weighted by Crippen LogP contribution is 2.28. The zero-order valence-corrected chi connectivity index (χ0v) is 12.2. The van der Waals surface area contributed by atoms with Crippen molar-refractivity contribution in [3.8, 4) is 0 Å². The van der Waals surface area contributed by atoms with E-state index >= 15 is 0 Å². The Labute approximate surface area is 117 Å². The van der Waals surface area contributed by atoms with Gasteiger partial charge in [0.2, 0.25) is 0 Å². The molecule has 1 aromatic carbocycles. The summed E-state index contributed by atoms with van der Waals surface area (Å²) in [5.41, 5.74) is 7.35. The smallest absolute Gasteiger partial charge is 0.187 e. The number of hydrogen-bond donors (Lipinski definition) is 2. The number of nitrogens with zero attached hydrogens (tertiary/aromatic N) is 1. The summed E-state index contributed by atoms with van der Waals surface area (Å²) in [7, 11) is 0. The minimum Gasteiger partial charge on any atom is -0.389 e. The number of rotatable bonds is 3. The molecule has 0 spiro atoms. The van der Waals surface area contributed by atoms with Gasteiger partial charge in [-0.3, -0.25) is 0 Å². The molecule has 1 aromatic heterocycles. The topological polar surface area (TPSA) is 50.9 Å². The van der Waals surface area contributed by atoms with Crippen molar-refractivity contribution < 1.29 is 0 Å². The maximum Gasteiger partial charge on any atom is 0.187 e. The van der Waals surface area contributed by atoms with Crippen molar-refractivity contribution in [2.24, 2.45) is 5.73 Å². The van der Waals surface area contributed by atoms with Crippen LogP contribution in [0.15, 0.2) is 28.9 Å². The molecule has 0 radical (unpaired) electrons. The van der Waals surface area contributed by atoms with Gasteiger partial charge in [0.25, 0.3) is 0 Å². The molecule has 2 aromatic rings. The Hall–Kier alpha value is -0.980. The van der Waals surface area contributed by atoms with Gasteiger partial charge in [-0.2, -0.15) is 0 Å². The van der Waals surface area contributed by atoms with Crippen LogP contribution < -0.4 is 11.1 Å². The molecule has 0 saturated heterocycles. The third kappa shape index (κ3) is 3.02. The third-order valence-electron chi connectivity index (χ3n) is 2.12. The van der Waals surface area contributed by atoms with Gasteiger partial charge in [-0.1, -0.05) is 12.2 Å². The number of anilines is 2. The standard InChI is InChI=1S/C11H10BrN3S2/c1-6-5-14-11(17-6)15-9-3-2-7(10(13)16)4-8(9)12/h2-5H,1H3,(H2,13,16)(H,14,15). The predicted molar refractivity (Wildman–Crippen MR) is 80.2 cm³/mol. The van der Waals surface area contributed by atoms with Crippen LogP contribution in [0.4, 0.5) is 10.8 Å². The number of thiocarbonyl (C=S) groups is 1. The Bertz CT molecular complexity index is 566. The van der Waals surface area contributed by atoms with Gasteiger partial charge in [0, 0.05) is 21.1 Å². The van der Waals surface area contributed by atoms with Crippen LogP contribution in [0.5, 0.6) is 0 Å². The van der Waals surface area contributed by atoms with Crippen LogP contribution in [-0.4, -0.2) is 9.97 Å².